The number of carbonyl (C=O) groups is 1. The first kappa shape index (κ1) is 13.9. The first-order chi connectivity index (χ1) is 6.35. The minimum Gasteiger partial charge on any atom is -0.479 e. The van der Waals surface area contributed by atoms with Gasteiger partial charge in [0.05, 0.1) is 12.4 Å². The number of hydrogen-bond donors (Lipinski definition) is 0. The molecule has 0 aliphatic heterocycles. The molecule has 0 aromatic rings. The summed E-state index contributed by atoms with van der Waals surface area (Å²) in [4.78, 5) is 11.1. The van der Waals surface area contributed by atoms with Crippen LogP contribution in [0.15, 0.2) is 0 Å². The van der Waals surface area contributed by atoms with Gasteiger partial charge < -0.3 is 4.74 Å². The van der Waals surface area contributed by atoms with Crippen LogP contribution in [0, 0.1) is 0 Å². The summed E-state index contributed by atoms with van der Waals surface area (Å²) in [6.45, 7) is 2.23. The van der Waals surface area contributed by atoms with Gasteiger partial charge in [-0.15, -0.1) is 0 Å². The maximum absolute atomic E-state index is 11.1. The highest BCUT2D eigenvalue weighted by Gasteiger charge is 2.12. The van der Waals surface area contributed by atoms with Crippen molar-refractivity contribution in [1.82, 2.24) is 0 Å². The number of ketones is 1. The monoisotopic (exact) mass is 256 g/mol. The van der Waals surface area contributed by atoms with Crippen LogP contribution in [0.1, 0.15) is 6.92 Å². The van der Waals surface area contributed by atoms with Crippen molar-refractivity contribution in [2.75, 3.05) is 24.4 Å². The molecule has 0 aliphatic rings. The summed E-state index contributed by atoms with van der Waals surface area (Å²) >= 11 is 5.80. The van der Waals surface area contributed by atoms with Crippen molar-refractivity contribution in [3.8, 4) is 0 Å². The third kappa shape index (κ3) is 8.46. The van der Waals surface area contributed by atoms with Gasteiger partial charge in [-0.3, -0.25) is 4.79 Å². The predicted octanol–water partition coefficient (Wildman–Crippen LogP) is 0.655. The summed E-state index contributed by atoms with van der Waals surface area (Å²) < 4.78 is 26.6. The summed E-state index contributed by atoms with van der Waals surface area (Å²) in [5.41, 5.74) is 0. The van der Waals surface area contributed by atoms with Crippen molar-refractivity contribution < 1.29 is 17.9 Å². The summed E-state index contributed by atoms with van der Waals surface area (Å²) in [6.07, 6.45) is 1.02. The molecule has 0 amide bonds. The molecule has 0 atom stereocenters. The van der Waals surface area contributed by atoms with Crippen LogP contribution in [0.25, 0.3) is 0 Å². The minimum atomic E-state index is -3.23. The Morgan fingerprint density at radius 3 is 2.50 bits per heavy atom. The van der Waals surface area contributed by atoms with E-state index in [1.807, 2.05) is 0 Å². The standard InChI is InChI=1S/C7H12O4S3/c1-3-11-7(12)13-4-6(8)5-14(2,9)10/h3-5H2,1-2H3. The lowest BCUT2D eigenvalue weighted by atomic mass is 10.5. The maximum atomic E-state index is 11.1. The molecular weight excluding hydrogens is 244 g/mol. The molecule has 0 heterocycles. The molecule has 0 spiro atoms. The number of rotatable bonds is 5. The topological polar surface area (TPSA) is 60.4 Å². The zero-order chi connectivity index (χ0) is 11.2. The molecule has 0 fully saturated rings. The molecule has 0 N–H and O–H groups in total. The van der Waals surface area contributed by atoms with E-state index in [1.54, 1.807) is 6.92 Å². The van der Waals surface area contributed by atoms with Crippen molar-refractivity contribution >= 4 is 44.0 Å². The second-order valence-electron chi connectivity index (χ2n) is 2.58. The average molecular weight is 256 g/mol. The largest absolute Gasteiger partial charge is 0.479 e. The molecule has 0 saturated heterocycles. The van der Waals surface area contributed by atoms with E-state index in [4.69, 9.17) is 17.0 Å². The summed E-state index contributed by atoms with van der Waals surface area (Å²) in [6, 6.07) is 0. The van der Waals surface area contributed by atoms with Gasteiger partial charge in [-0.1, -0.05) is 11.8 Å². The second kappa shape index (κ2) is 6.36. The summed E-state index contributed by atoms with van der Waals surface area (Å²) in [5.74, 6) is -0.750. The van der Waals surface area contributed by atoms with E-state index in [0.29, 0.717) is 6.61 Å². The van der Waals surface area contributed by atoms with Crippen molar-refractivity contribution in [1.29, 1.82) is 0 Å². The van der Waals surface area contributed by atoms with Crippen molar-refractivity contribution in [3.63, 3.8) is 0 Å². The van der Waals surface area contributed by atoms with Gasteiger partial charge in [0.1, 0.15) is 5.75 Å². The molecule has 14 heavy (non-hydrogen) atoms. The first-order valence-electron chi connectivity index (χ1n) is 3.84. The molecule has 0 aliphatic carbocycles. The number of ether oxygens (including phenoxy) is 1. The van der Waals surface area contributed by atoms with Gasteiger partial charge in [-0.25, -0.2) is 8.42 Å². The first-order valence-corrected chi connectivity index (χ1v) is 7.29. The van der Waals surface area contributed by atoms with Crippen LogP contribution in [0.5, 0.6) is 0 Å². The normalized spacial score (nSPS) is 11.0. The van der Waals surface area contributed by atoms with Crippen molar-refractivity contribution in [2.24, 2.45) is 0 Å². The van der Waals surface area contributed by atoms with Crippen LogP contribution >= 0.6 is 24.0 Å². The number of sulfone groups is 1. The van der Waals surface area contributed by atoms with Crippen molar-refractivity contribution in [3.05, 3.63) is 0 Å². The summed E-state index contributed by atoms with van der Waals surface area (Å²) in [5, 5.41) is 0. The molecular formula is C7H12O4S3. The van der Waals surface area contributed by atoms with E-state index >= 15 is 0 Å². The molecule has 0 unspecified atom stereocenters. The van der Waals surface area contributed by atoms with Crippen LogP contribution in [0.2, 0.25) is 0 Å². The van der Waals surface area contributed by atoms with E-state index in [2.05, 4.69) is 0 Å². The lowest BCUT2D eigenvalue weighted by Gasteiger charge is -2.02. The van der Waals surface area contributed by atoms with E-state index in [9.17, 15) is 13.2 Å². The van der Waals surface area contributed by atoms with Crippen LogP contribution in [0.4, 0.5) is 0 Å². The Morgan fingerprint density at radius 1 is 1.50 bits per heavy atom. The van der Waals surface area contributed by atoms with Gasteiger partial charge >= 0.3 is 0 Å². The van der Waals surface area contributed by atoms with E-state index < -0.39 is 15.6 Å². The highest BCUT2D eigenvalue weighted by atomic mass is 32.2. The fraction of sp³-hybridized carbons (Fsp3) is 0.714. The van der Waals surface area contributed by atoms with Crippen LogP contribution in [-0.2, 0) is 19.4 Å². The van der Waals surface area contributed by atoms with E-state index in [1.165, 1.54) is 0 Å². The number of Topliss-reactive ketones (excluding diaryl/α,β-unsaturated/α-hetero) is 1. The molecule has 0 aromatic carbocycles. The van der Waals surface area contributed by atoms with Gasteiger partial charge in [0.2, 0.25) is 4.38 Å². The number of thioether (sulfide) groups is 1. The van der Waals surface area contributed by atoms with Gasteiger partial charge in [-0.05, 0) is 19.1 Å². The Morgan fingerprint density at radius 2 is 2.07 bits per heavy atom. The Kier molecular flexibility index (Phi) is 6.30. The zero-order valence-electron chi connectivity index (χ0n) is 7.98. The Bertz CT molecular complexity index is 307. The molecule has 0 bridgehead atoms. The number of carbonyl (C=O) groups excluding carboxylic acids is 1. The Labute approximate surface area is 93.3 Å². The molecule has 4 nitrogen and oxygen atoms in total. The molecule has 0 aromatic heterocycles. The maximum Gasteiger partial charge on any atom is 0.220 e. The fourth-order valence-electron chi connectivity index (χ4n) is 0.633. The minimum absolute atomic E-state index is 0.0475. The zero-order valence-corrected chi connectivity index (χ0v) is 10.4. The van der Waals surface area contributed by atoms with E-state index in [0.717, 1.165) is 18.0 Å². The molecule has 7 heteroatoms. The lowest BCUT2D eigenvalue weighted by Crippen LogP contribution is -2.17. The van der Waals surface area contributed by atoms with Crippen LogP contribution < -0.4 is 0 Å². The summed E-state index contributed by atoms with van der Waals surface area (Å²) in [7, 11) is -3.23. The van der Waals surface area contributed by atoms with Crippen LogP contribution in [-0.4, -0.2) is 43.0 Å². The number of thiocarbonyl (C=S) groups is 1. The molecule has 82 valence electrons. The van der Waals surface area contributed by atoms with Crippen molar-refractivity contribution in [2.45, 2.75) is 6.92 Å². The number of hydrogen-bond acceptors (Lipinski definition) is 6. The second-order valence-corrected chi connectivity index (χ2v) is 6.30. The van der Waals surface area contributed by atoms with Gasteiger partial charge in [0.25, 0.3) is 0 Å². The molecule has 0 saturated carbocycles. The van der Waals surface area contributed by atoms with Crippen LogP contribution in [0.3, 0.4) is 0 Å². The highest BCUT2D eigenvalue weighted by Crippen LogP contribution is 2.06. The lowest BCUT2D eigenvalue weighted by molar-refractivity contribution is -0.114. The van der Waals surface area contributed by atoms with Gasteiger partial charge in [-0.2, -0.15) is 0 Å². The Hall–Kier alpha value is -0.140. The molecule has 0 rings (SSSR count). The highest BCUT2D eigenvalue weighted by molar-refractivity contribution is 8.23. The third-order valence-corrected chi connectivity index (χ3v) is 3.17. The van der Waals surface area contributed by atoms with E-state index in [-0.39, 0.29) is 15.9 Å². The van der Waals surface area contributed by atoms with Gasteiger partial charge in [0, 0.05) is 6.26 Å². The average Bonchev–Trinajstić information content (AvgIpc) is 1.98. The fourth-order valence-corrected chi connectivity index (χ4v) is 2.33. The molecule has 0 radical (unpaired) electrons. The third-order valence-electron chi connectivity index (χ3n) is 1.04. The smallest absolute Gasteiger partial charge is 0.220 e. The Balaban J connectivity index is 3.81. The SMILES string of the molecule is CCOC(=S)SCC(=O)CS(C)(=O)=O. The van der Waals surface area contributed by atoms with Gasteiger partial charge in [0.15, 0.2) is 15.6 Å². The quantitative estimate of drug-likeness (QED) is 0.673. The predicted molar refractivity (Wildman–Crippen MR) is 61.4 cm³/mol.